The molecule has 110 valence electrons. The molecule has 0 unspecified atom stereocenters. The number of rotatable bonds is 4. The number of thioether (sulfide) groups is 1. The Hall–Kier alpha value is -2.55. The van der Waals surface area contributed by atoms with Crippen LogP contribution in [0.15, 0.2) is 17.0 Å². The predicted octanol–water partition coefficient (Wildman–Crippen LogP) is 1.94. The van der Waals surface area contributed by atoms with Gasteiger partial charge in [-0.25, -0.2) is 0 Å². The number of nitro benzene ring substituents is 1. The third-order valence-corrected chi connectivity index (χ3v) is 3.47. The summed E-state index contributed by atoms with van der Waals surface area (Å²) in [4.78, 5) is 33.2. The average molecular weight is 310 g/mol. The maximum atomic E-state index is 11.5. The van der Waals surface area contributed by atoms with Gasteiger partial charge in [-0.05, 0) is 23.9 Å². The first-order chi connectivity index (χ1) is 9.96. The Morgan fingerprint density at radius 1 is 1.24 bits per heavy atom. The highest BCUT2D eigenvalue weighted by Gasteiger charge is 2.27. The lowest BCUT2D eigenvalue weighted by Gasteiger charge is -2.08. The number of carbonyl (C=O) groups is 2. The van der Waals surface area contributed by atoms with Crippen molar-refractivity contribution in [1.82, 2.24) is 5.32 Å². The summed E-state index contributed by atoms with van der Waals surface area (Å²) in [5.74, 6) is -0.107. The zero-order valence-corrected chi connectivity index (χ0v) is 11.9. The quantitative estimate of drug-likeness (QED) is 0.514. The van der Waals surface area contributed by atoms with Crippen molar-refractivity contribution in [1.29, 1.82) is 0 Å². The van der Waals surface area contributed by atoms with Gasteiger partial charge in [-0.1, -0.05) is 0 Å². The van der Waals surface area contributed by atoms with Crippen LogP contribution in [-0.4, -0.2) is 30.3 Å². The summed E-state index contributed by atoms with van der Waals surface area (Å²) >= 11 is 0.679. The molecule has 0 saturated carbocycles. The van der Waals surface area contributed by atoms with Crippen molar-refractivity contribution >= 4 is 34.7 Å². The van der Waals surface area contributed by atoms with Gasteiger partial charge in [0.25, 0.3) is 16.8 Å². The first-order valence-corrected chi connectivity index (χ1v) is 6.43. The second kappa shape index (κ2) is 5.83. The van der Waals surface area contributed by atoms with Crippen LogP contribution in [0.5, 0.6) is 11.5 Å². The Balaban J connectivity index is 2.56. The van der Waals surface area contributed by atoms with Crippen LogP contribution in [0.1, 0.15) is 5.56 Å². The van der Waals surface area contributed by atoms with Gasteiger partial charge in [0.15, 0.2) is 11.5 Å². The fraction of sp³-hybridized carbons (Fsp3) is 0.167. The Kier molecular flexibility index (Phi) is 4.13. The molecule has 1 heterocycles. The van der Waals surface area contributed by atoms with Gasteiger partial charge in [0.05, 0.1) is 35.7 Å². The van der Waals surface area contributed by atoms with E-state index < -0.39 is 16.1 Å². The largest absolute Gasteiger partial charge is 0.493 e. The second-order valence-corrected chi connectivity index (χ2v) is 4.89. The number of nitrogens with zero attached hydrogens (tertiary/aromatic N) is 1. The molecule has 1 aromatic rings. The molecule has 8 nitrogen and oxygen atoms in total. The maximum Gasteiger partial charge on any atom is 0.290 e. The molecule has 1 aliphatic heterocycles. The van der Waals surface area contributed by atoms with E-state index in [0.29, 0.717) is 11.8 Å². The number of hydrogen-bond acceptors (Lipinski definition) is 7. The van der Waals surface area contributed by atoms with Gasteiger partial charge >= 0.3 is 0 Å². The summed E-state index contributed by atoms with van der Waals surface area (Å²) in [7, 11) is 2.75. The predicted molar refractivity (Wildman–Crippen MR) is 75.3 cm³/mol. The van der Waals surface area contributed by atoms with Crippen LogP contribution >= 0.6 is 11.8 Å². The zero-order valence-electron chi connectivity index (χ0n) is 11.0. The van der Waals surface area contributed by atoms with Gasteiger partial charge in [0, 0.05) is 0 Å². The fourth-order valence-corrected chi connectivity index (χ4v) is 2.39. The number of hydrogen-bond donors (Lipinski definition) is 1. The lowest BCUT2D eigenvalue weighted by Crippen LogP contribution is -2.17. The third-order valence-electron chi connectivity index (χ3n) is 2.66. The van der Waals surface area contributed by atoms with Gasteiger partial charge in [-0.15, -0.1) is 0 Å². The lowest BCUT2D eigenvalue weighted by molar-refractivity contribution is -0.385. The van der Waals surface area contributed by atoms with E-state index in [2.05, 4.69) is 5.32 Å². The van der Waals surface area contributed by atoms with Crippen molar-refractivity contribution < 1.29 is 24.0 Å². The van der Waals surface area contributed by atoms with Gasteiger partial charge in [0.2, 0.25) is 0 Å². The second-order valence-electron chi connectivity index (χ2n) is 3.88. The molecule has 9 heteroatoms. The number of nitro groups is 1. The monoisotopic (exact) mass is 310 g/mol. The van der Waals surface area contributed by atoms with Gasteiger partial charge in [0.1, 0.15) is 0 Å². The molecule has 2 amide bonds. The first kappa shape index (κ1) is 14.9. The number of imide groups is 1. The molecule has 2 rings (SSSR count). The standard InChI is InChI=1S/C12H10N2O6S/c1-19-8-3-6(4-10-11(15)13-12(16)21-10)7(14(17)18)5-9(8)20-2/h3-5H,1-2H3,(H,13,15,16)/b10-4-. The lowest BCUT2D eigenvalue weighted by atomic mass is 10.1. The molecule has 0 bridgehead atoms. The molecule has 0 aliphatic carbocycles. The van der Waals surface area contributed by atoms with Crippen molar-refractivity contribution in [3.05, 3.63) is 32.7 Å². The summed E-state index contributed by atoms with van der Waals surface area (Å²) in [5, 5.41) is 12.7. The van der Waals surface area contributed by atoms with Crippen LogP contribution in [0.2, 0.25) is 0 Å². The van der Waals surface area contributed by atoms with Gasteiger partial charge in [-0.2, -0.15) is 0 Å². The number of methoxy groups -OCH3 is 2. The Morgan fingerprint density at radius 3 is 2.33 bits per heavy atom. The van der Waals surface area contributed by atoms with Crippen molar-refractivity contribution in [2.24, 2.45) is 0 Å². The molecule has 1 saturated heterocycles. The molecule has 21 heavy (non-hydrogen) atoms. The molecule has 0 spiro atoms. The molecular formula is C12H10N2O6S. The number of carbonyl (C=O) groups excluding carboxylic acids is 2. The summed E-state index contributed by atoms with van der Waals surface area (Å²) in [6, 6.07) is 2.57. The normalized spacial score (nSPS) is 16.0. The molecule has 1 fully saturated rings. The van der Waals surface area contributed by atoms with Gasteiger partial charge < -0.3 is 9.47 Å². The topological polar surface area (TPSA) is 108 Å². The molecule has 0 aromatic heterocycles. The summed E-state index contributed by atoms with van der Waals surface area (Å²) in [6.07, 6.45) is 1.27. The molecule has 0 atom stereocenters. The average Bonchev–Trinajstić information content (AvgIpc) is 2.76. The number of ether oxygens (including phenoxy) is 2. The van der Waals surface area contributed by atoms with Crippen molar-refractivity contribution in [3.8, 4) is 11.5 Å². The van der Waals surface area contributed by atoms with E-state index in [0.717, 1.165) is 0 Å². The van der Waals surface area contributed by atoms with E-state index in [1.165, 1.54) is 32.4 Å². The van der Waals surface area contributed by atoms with Crippen LogP contribution in [0.25, 0.3) is 6.08 Å². The van der Waals surface area contributed by atoms with Crippen LogP contribution in [0.4, 0.5) is 10.5 Å². The fourth-order valence-electron chi connectivity index (χ4n) is 1.72. The Bertz CT molecular complexity index is 670. The van der Waals surface area contributed by atoms with E-state index in [1.807, 2.05) is 0 Å². The molecule has 0 radical (unpaired) electrons. The van der Waals surface area contributed by atoms with Crippen molar-refractivity contribution in [2.75, 3.05) is 14.2 Å². The third kappa shape index (κ3) is 2.97. The van der Waals surface area contributed by atoms with E-state index in [4.69, 9.17) is 9.47 Å². The van der Waals surface area contributed by atoms with Crippen LogP contribution in [0.3, 0.4) is 0 Å². The molecule has 1 N–H and O–H groups in total. The van der Waals surface area contributed by atoms with Gasteiger partial charge in [-0.3, -0.25) is 25.0 Å². The highest BCUT2D eigenvalue weighted by atomic mass is 32.2. The zero-order chi connectivity index (χ0) is 15.6. The minimum Gasteiger partial charge on any atom is -0.493 e. The van der Waals surface area contributed by atoms with E-state index in [1.54, 1.807) is 0 Å². The number of benzene rings is 1. The van der Waals surface area contributed by atoms with E-state index in [-0.39, 0.29) is 27.7 Å². The summed E-state index contributed by atoms with van der Waals surface area (Å²) < 4.78 is 10.1. The highest BCUT2D eigenvalue weighted by Crippen LogP contribution is 2.37. The van der Waals surface area contributed by atoms with Crippen molar-refractivity contribution in [3.63, 3.8) is 0 Å². The first-order valence-electron chi connectivity index (χ1n) is 5.61. The summed E-state index contributed by atoms with van der Waals surface area (Å²) in [5.41, 5.74) is -0.113. The molecular weight excluding hydrogens is 300 g/mol. The van der Waals surface area contributed by atoms with Crippen LogP contribution in [0, 0.1) is 10.1 Å². The Morgan fingerprint density at radius 2 is 1.86 bits per heavy atom. The Labute approximate surface area is 123 Å². The van der Waals surface area contributed by atoms with E-state index >= 15 is 0 Å². The number of amides is 2. The maximum absolute atomic E-state index is 11.5. The highest BCUT2D eigenvalue weighted by molar-refractivity contribution is 8.18. The van der Waals surface area contributed by atoms with E-state index in [9.17, 15) is 19.7 Å². The summed E-state index contributed by atoms with van der Waals surface area (Å²) in [6.45, 7) is 0. The van der Waals surface area contributed by atoms with Crippen LogP contribution < -0.4 is 14.8 Å². The van der Waals surface area contributed by atoms with Crippen molar-refractivity contribution in [2.45, 2.75) is 0 Å². The minimum absolute atomic E-state index is 0.0790. The van der Waals surface area contributed by atoms with Crippen LogP contribution in [-0.2, 0) is 4.79 Å². The minimum atomic E-state index is -0.603. The SMILES string of the molecule is COc1cc(/C=C2\SC(=O)NC2=O)c([N+](=O)[O-])cc1OC. The molecule has 1 aliphatic rings. The molecule has 1 aromatic carbocycles. The number of nitrogens with one attached hydrogen (secondary N) is 1. The smallest absolute Gasteiger partial charge is 0.290 e.